The van der Waals surface area contributed by atoms with Gasteiger partial charge in [0, 0.05) is 17.7 Å². The van der Waals surface area contributed by atoms with Crippen molar-refractivity contribution in [3.05, 3.63) is 46.7 Å². The Morgan fingerprint density at radius 2 is 2.25 bits per heavy atom. The molecule has 24 heavy (non-hydrogen) atoms. The van der Waals surface area contributed by atoms with Crippen LogP contribution in [0.5, 0.6) is 0 Å². The molecule has 1 atom stereocenters. The molecule has 1 saturated heterocycles. The number of halogens is 1. The van der Waals surface area contributed by atoms with Crippen LogP contribution in [-0.2, 0) is 11.3 Å². The van der Waals surface area contributed by atoms with Gasteiger partial charge in [0.25, 0.3) is 5.91 Å². The Morgan fingerprint density at radius 1 is 1.46 bits per heavy atom. The van der Waals surface area contributed by atoms with Crippen molar-refractivity contribution < 1.29 is 9.53 Å². The number of ether oxygens (including phenoxy) is 1. The second-order valence-electron chi connectivity index (χ2n) is 6.66. The molecule has 0 bridgehead atoms. The standard InChI is InChI=1S/C17H21ClN4O2/c1-17(2)9-13(7-8-24-17)19-16(23)15-11-22(21-20-15)10-12-5-3-4-6-14(12)18/h3-6,11,13H,7-10H2,1-2H3,(H,19,23)/t13-/m1/s1. The Balaban J connectivity index is 1.63. The van der Waals surface area contributed by atoms with E-state index in [1.807, 2.05) is 38.1 Å². The molecule has 7 heteroatoms. The molecule has 3 rings (SSSR count). The highest BCUT2D eigenvalue weighted by atomic mass is 35.5. The number of nitrogens with one attached hydrogen (secondary N) is 1. The summed E-state index contributed by atoms with van der Waals surface area (Å²) < 4.78 is 7.28. The molecule has 1 aromatic carbocycles. The molecule has 0 spiro atoms. The van der Waals surface area contributed by atoms with Crippen molar-refractivity contribution in [1.29, 1.82) is 0 Å². The van der Waals surface area contributed by atoms with E-state index in [4.69, 9.17) is 16.3 Å². The molecule has 1 fully saturated rings. The summed E-state index contributed by atoms with van der Waals surface area (Å²) in [5.41, 5.74) is 1.03. The lowest BCUT2D eigenvalue weighted by Crippen LogP contribution is -2.45. The fraction of sp³-hybridized carbons (Fsp3) is 0.471. The van der Waals surface area contributed by atoms with Crippen LogP contribution >= 0.6 is 11.6 Å². The van der Waals surface area contributed by atoms with Gasteiger partial charge in [-0.1, -0.05) is 35.0 Å². The van der Waals surface area contributed by atoms with E-state index in [-0.39, 0.29) is 17.6 Å². The van der Waals surface area contributed by atoms with E-state index in [2.05, 4.69) is 15.6 Å². The lowest BCUT2D eigenvalue weighted by atomic mass is 9.94. The highest BCUT2D eigenvalue weighted by Crippen LogP contribution is 2.24. The molecule has 2 heterocycles. The van der Waals surface area contributed by atoms with Crippen LogP contribution in [-0.4, -0.2) is 39.2 Å². The molecule has 1 aliphatic heterocycles. The molecule has 1 aromatic heterocycles. The first-order valence-corrected chi connectivity index (χ1v) is 8.39. The zero-order valence-corrected chi connectivity index (χ0v) is 14.6. The molecular formula is C17H21ClN4O2. The van der Waals surface area contributed by atoms with Gasteiger partial charge in [-0.25, -0.2) is 4.68 Å². The number of aromatic nitrogens is 3. The van der Waals surface area contributed by atoms with E-state index in [0.717, 1.165) is 18.4 Å². The third-order valence-corrected chi connectivity index (χ3v) is 4.46. The first-order chi connectivity index (χ1) is 11.4. The molecular weight excluding hydrogens is 328 g/mol. The van der Waals surface area contributed by atoms with Crippen LogP contribution in [0.3, 0.4) is 0 Å². The summed E-state index contributed by atoms with van der Waals surface area (Å²) in [6.07, 6.45) is 3.23. The van der Waals surface area contributed by atoms with Gasteiger partial charge in [-0.05, 0) is 38.3 Å². The predicted octanol–water partition coefficient (Wildman–Crippen LogP) is 2.67. The second kappa shape index (κ2) is 6.91. The molecule has 1 amide bonds. The monoisotopic (exact) mass is 348 g/mol. The minimum absolute atomic E-state index is 0.0926. The number of benzene rings is 1. The summed E-state index contributed by atoms with van der Waals surface area (Å²) in [6, 6.07) is 7.64. The smallest absolute Gasteiger partial charge is 0.273 e. The van der Waals surface area contributed by atoms with Crippen molar-refractivity contribution in [3.63, 3.8) is 0 Å². The first-order valence-electron chi connectivity index (χ1n) is 8.01. The molecule has 6 nitrogen and oxygen atoms in total. The van der Waals surface area contributed by atoms with Crippen LogP contribution in [0.25, 0.3) is 0 Å². The molecule has 0 unspecified atom stereocenters. The van der Waals surface area contributed by atoms with Gasteiger partial charge in [-0.3, -0.25) is 4.79 Å². The van der Waals surface area contributed by atoms with Crippen molar-refractivity contribution >= 4 is 17.5 Å². The maximum Gasteiger partial charge on any atom is 0.273 e. The SMILES string of the molecule is CC1(C)C[C@H](NC(=O)c2cn(Cc3ccccc3Cl)nn2)CCO1. The van der Waals surface area contributed by atoms with E-state index in [0.29, 0.717) is 23.9 Å². The zero-order chi connectivity index (χ0) is 17.2. The number of rotatable bonds is 4. The van der Waals surface area contributed by atoms with Crippen LogP contribution in [0.1, 0.15) is 42.7 Å². The van der Waals surface area contributed by atoms with E-state index in [1.165, 1.54) is 0 Å². The number of carbonyl (C=O) groups excluding carboxylic acids is 1. The van der Waals surface area contributed by atoms with E-state index in [9.17, 15) is 4.79 Å². The quantitative estimate of drug-likeness (QED) is 0.922. The summed E-state index contributed by atoms with van der Waals surface area (Å²) in [5.74, 6) is -0.205. The molecule has 1 aliphatic rings. The highest BCUT2D eigenvalue weighted by molar-refractivity contribution is 6.31. The van der Waals surface area contributed by atoms with Gasteiger partial charge in [0.05, 0.1) is 18.3 Å². The third kappa shape index (κ3) is 4.13. The Morgan fingerprint density at radius 3 is 3.00 bits per heavy atom. The molecule has 0 aliphatic carbocycles. The van der Waals surface area contributed by atoms with Gasteiger partial charge < -0.3 is 10.1 Å². The average Bonchev–Trinajstić information content (AvgIpc) is 2.97. The Kier molecular flexibility index (Phi) is 4.87. The summed E-state index contributed by atoms with van der Waals surface area (Å²) in [4.78, 5) is 12.4. The van der Waals surface area contributed by atoms with Gasteiger partial charge in [0.2, 0.25) is 0 Å². The molecule has 0 radical (unpaired) electrons. The van der Waals surface area contributed by atoms with Gasteiger partial charge in [-0.2, -0.15) is 0 Å². The minimum Gasteiger partial charge on any atom is -0.375 e. The van der Waals surface area contributed by atoms with E-state index < -0.39 is 0 Å². The Hall–Kier alpha value is -1.92. The van der Waals surface area contributed by atoms with Crippen LogP contribution < -0.4 is 5.32 Å². The van der Waals surface area contributed by atoms with Gasteiger partial charge in [0.1, 0.15) is 0 Å². The molecule has 0 saturated carbocycles. The van der Waals surface area contributed by atoms with Crippen molar-refractivity contribution in [2.75, 3.05) is 6.61 Å². The number of hydrogen-bond donors (Lipinski definition) is 1. The topological polar surface area (TPSA) is 69.0 Å². The van der Waals surface area contributed by atoms with Crippen LogP contribution in [0.2, 0.25) is 5.02 Å². The molecule has 1 N–H and O–H groups in total. The highest BCUT2D eigenvalue weighted by Gasteiger charge is 2.30. The van der Waals surface area contributed by atoms with E-state index in [1.54, 1.807) is 10.9 Å². The van der Waals surface area contributed by atoms with Crippen LogP contribution in [0.15, 0.2) is 30.5 Å². The van der Waals surface area contributed by atoms with Crippen molar-refractivity contribution in [2.24, 2.45) is 0 Å². The zero-order valence-electron chi connectivity index (χ0n) is 13.8. The van der Waals surface area contributed by atoms with Gasteiger partial charge >= 0.3 is 0 Å². The summed E-state index contributed by atoms with van der Waals surface area (Å²) >= 11 is 6.15. The maximum atomic E-state index is 12.4. The Bertz CT molecular complexity index is 729. The molecule has 2 aromatic rings. The Labute approximate surface area is 146 Å². The largest absolute Gasteiger partial charge is 0.375 e. The normalized spacial score (nSPS) is 19.9. The van der Waals surface area contributed by atoms with Crippen LogP contribution in [0, 0.1) is 0 Å². The summed E-state index contributed by atoms with van der Waals surface area (Å²) in [6.45, 7) is 5.19. The lowest BCUT2D eigenvalue weighted by molar-refractivity contribution is -0.0615. The minimum atomic E-state index is -0.210. The van der Waals surface area contributed by atoms with E-state index >= 15 is 0 Å². The average molecular weight is 349 g/mol. The summed E-state index contributed by atoms with van der Waals surface area (Å²) in [5, 5.41) is 11.7. The number of carbonyl (C=O) groups is 1. The summed E-state index contributed by atoms with van der Waals surface area (Å²) in [7, 11) is 0. The number of amides is 1. The number of hydrogen-bond acceptors (Lipinski definition) is 4. The van der Waals surface area contributed by atoms with Crippen molar-refractivity contribution in [1.82, 2.24) is 20.3 Å². The molecule has 128 valence electrons. The van der Waals surface area contributed by atoms with Gasteiger partial charge in [-0.15, -0.1) is 5.10 Å². The number of nitrogens with zero attached hydrogens (tertiary/aromatic N) is 3. The predicted molar refractivity (Wildman–Crippen MR) is 91.1 cm³/mol. The fourth-order valence-electron chi connectivity index (χ4n) is 2.90. The lowest BCUT2D eigenvalue weighted by Gasteiger charge is -2.35. The second-order valence-corrected chi connectivity index (χ2v) is 7.07. The third-order valence-electron chi connectivity index (χ3n) is 4.09. The van der Waals surface area contributed by atoms with Crippen molar-refractivity contribution in [2.45, 2.75) is 44.9 Å². The van der Waals surface area contributed by atoms with Crippen molar-refractivity contribution in [3.8, 4) is 0 Å². The maximum absolute atomic E-state index is 12.4. The van der Waals surface area contributed by atoms with Gasteiger partial charge in [0.15, 0.2) is 5.69 Å². The first kappa shape index (κ1) is 16.9. The fourth-order valence-corrected chi connectivity index (χ4v) is 3.09. The van der Waals surface area contributed by atoms with Crippen LogP contribution in [0.4, 0.5) is 0 Å².